The van der Waals surface area contributed by atoms with Gasteiger partial charge in [0.1, 0.15) is 6.29 Å². The second-order valence-electron chi connectivity index (χ2n) is 4.51. The zero-order valence-corrected chi connectivity index (χ0v) is 9.70. The number of nitrogens with one attached hydrogen (secondary N) is 1. The van der Waals surface area contributed by atoms with Crippen LogP contribution in [-0.2, 0) is 11.0 Å². The molecular formula is C13H14F3NO. The summed E-state index contributed by atoms with van der Waals surface area (Å²) < 4.78 is 37.2. The molecule has 2 atom stereocenters. The van der Waals surface area contributed by atoms with Crippen LogP contribution in [0.2, 0.25) is 0 Å². The fourth-order valence-corrected chi connectivity index (χ4v) is 2.24. The van der Waals surface area contributed by atoms with Gasteiger partial charge < -0.3 is 10.1 Å². The van der Waals surface area contributed by atoms with Crippen molar-refractivity contribution >= 4 is 6.29 Å². The van der Waals surface area contributed by atoms with Crippen LogP contribution in [0.15, 0.2) is 24.3 Å². The van der Waals surface area contributed by atoms with Crippen LogP contribution in [-0.4, -0.2) is 12.3 Å². The Kier molecular flexibility index (Phi) is 3.71. The molecule has 1 saturated heterocycles. The number of aldehydes is 1. The van der Waals surface area contributed by atoms with Gasteiger partial charge in [-0.05, 0) is 37.0 Å². The average Bonchev–Trinajstić information content (AvgIpc) is 2.38. The third-order valence-corrected chi connectivity index (χ3v) is 3.23. The third-order valence-electron chi connectivity index (χ3n) is 3.23. The predicted octanol–water partition coefficient (Wildman–Crippen LogP) is 3.09. The van der Waals surface area contributed by atoms with Crippen LogP contribution in [0.25, 0.3) is 0 Å². The third kappa shape index (κ3) is 2.90. The van der Waals surface area contributed by atoms with Crippen LogP contribution < -0.4 is 5.32 Å². The molecule has 98 valence electrons. The molecule has 1 heterocycles. The molecule has 18 heavy (non-hydrogen) atoms. The highest BCUT2D eigenvalue weighted by Crippen LogP contribution is 2.31. The van der Waals surface area contributed by atoms with Crippen molar-refractivity contribution in [2.45, 2.75) is 37.5 Å². The molecule has 0 saturated carbocycles. The molecular weight excluding hydrogens is 243 g/mol. The van der Waals surface area contributed by atoms with Gasteiger partial charge in [-0.1, -0.05) is 12.1 Å². The summed E-state index contributed by atoms with van der Waals surface area (Å²) in [7, 11) is 0. The molecule has 5 heteroatoms. The summed E-state index contributed by atoms with van der Waals surface area (Å²) in [5.74, 6) is 0. The number of carbonyl (C=O) groups excluding carboxylic acids is 1. The Hall–Kier alpha value is -1.36. The number of alkyl halides is 3. The number of benzene rings is 1. The van der Waals surface area contributed by atoms with E-state index in [2.05, 4.69) is 5.32 Å². The van der Waals surface area contributed by atoms with E-state index < -0.39 is 11.7 Å². The first-order valence-electron chi connectivity index (χ1n) is 5.89. The van der Waals surface area contributed by atoms with Crippen molar-refractivity contribution in [1.29, 1.82) is 0 Å². The molecule has 0 bridgehead atoms. The van der Waals surface area contributed by atoms with Gasteiger partial charge in [0.15, 0.2) is 0 Å². The zero-order valence-electron chi connectivity index (χ0n) is 9.70. The molecule has 1 aliphatic rings. The summed E-state index contributed by atoms with van der Waals surface area (Å²) in [5.41, 5.74) is 0.156. The predicted molar refractivity (Wildman–Crippen MR) is 61.0 cm³/mol. The van der Waals surface area contributed by atoms with Crippen LogP contribution >= 0.6 is 0 Å². The minimum Gasteiger partial charge on any atom is -0.302 e. The second-order valence-corrected chi connectivity index (χ2v) is 4.51. The molecule has 1 fully saturated rings. The van der Waals surface area contributed by atoms with E-state index >= 15 is 0 Å². The highest BCUT2D eigenvalue weighted by Gasteiger charge is 2.30. The second kappa shape index (κ2) is 5.10. The van der Waals surface area contributed by atoms with Crippen LogP contribution in [0.1, 0.15) is 36.4 Å². The maximum Gasteiger partial charge on any atom is 0.416 e. The number of rotatable bonds is 2. The van der Waals surface area contributed by atoms with E-state index in [0.29, 0.717) is 0 Å². The molecule has 1 aromatic carbocycles. The van der Waals surface area contributed by atoms with Gasteiger partial charge in [0.05, 0.1) is 11.6 Å². The highest BCUT2D eigenvalue weighted by atomic mass is 19.4. The Balaban J connectivity index is 2.12. The molecule has 2 nitrogen and oxygen atoms in total. The smallest absolute Gasteiger partial charge is 0.302 e. The summed E-state index contributed by atoms with van der Waals surface area (Å²) in [6.45, 7) is 0. The van der Waals surface area contributed by atoms with Gasteiger partial charge in [0.2, 0.25) is 0 Å². The van der Waals surface area contributed by atoms with E-state index in [1.165, 1.54) is 12.1 Å². The van der Waals surface area contributed by atoms with E-state index in [-0.39, 0.29) is 12.1 Å². The van der Waals surface area contributed by atoms with Crippen molar-refractivity contribution in [3.8, 4) is 0 Å². The Labute approximate surface area is 103 Å². The van der Waals surface area contributed by atoms with Crippen LogP contribution in [0.4, 0.5) is 13.2 Å². The first-order chi connectivity index (χ1) is 8.50. The normalized spacial score (nSPS) is 24.8. The maximum absolute atomic E-state index is 12.4. The number of carbonyl (C=O) groups is 1. The monoisotopic (exact) mass is 257 g/mol. The summed E-state index contributed by atoms with van der Waals surface area (Å²) in [5, 5.41) is 3.13. The van der Waals surface area contributed by atoms with Crippen molar-refractivity contribution in [1.82, 2.24) is 5.32 Å². The fraction of sp³-hybridized carbons (Fsp3) is 0.462. The number of hydrogen-bond donors (Lipinski definition) is 1. The lowest BCUT2D eigenvalue weighted by atomic mass is 9.93. The van der Waals surface area contributed by atoms with Crippen LogP contribution in [0.3, 0.4) is 0 Å². The van der Waals surface area contributed by atoms with Gasteiger partial charge in [-0.3, -0.25) is 0 Å². The minimum atomic E-state index is -4.30. The molecule has 2 rings (SSSR count). The van der Waals surface area contributed by atoms with Gasteiger partial charge in [0.25, 0.3) is 0 Å². The Morgan fingerprint density at radius 3 is 2.39 bits per heavy atom. The lowest BCUT2D eigenvalue weighted by Gasteiger charge is -2.28. The summed E-state index contributed by atoms with van der Waals surface area (Å²) in [6.07, 6.45) is -0.904. The summed E-state index contributed by atoms with van der Waals surface area (Å²) >= 11 is 0. The molecule has 1 aliphatic heterocycles. The zero-order chi connectivity index (χ0) is 13.2. The van der Waals surface area contributed by atoms with Gasteiger partial charge in [-0.15, -0.1) is 0 Å². The van der Waals surface area contributed by atoms with Crippen molar-refractivity contribution < 1.29 is 18.0 Å². The van der Waals surface area contributed by atoms with E-state index in [9.17, 15) is 18.0 Å². The molecule has 0 amide bonds. The van der Waals surface area contributed by atoms with E-state index in [1.807, 2.05) is 0 Å². The van der Waals surface area contributed by atoms with Crippen molar-refractivity contribution in [3.05, 3.63) is 35.4 Å². The Morgan fingerprint density at radius 1 is 1.17 bits per heavy atom. The molecule has 0 aliphatic carbocycles. The van der Waals surface area contributed by atoms with Crippen molar-refractivity contribution in [3.63, 3.8) is 0 Å². The SMILES string of the molecule is O=CC1CCCC(c2ccc(C(F)(F)F)cc2)N1. The molecule has 0 aromatic heterocycles. The first-order valence-corrected chi connectivity index (χ1v) is 5.89. The van der Waals surface area contributed by atoms with Crippen molar-refractivity contribution in [2.24, 2.45) is 0 Å². The molecule has 0 radical (unpaired) electrons. The number of hydrogen-bond acceptors (Lipinski definition) is 2. The van der Waals surface area contributed by atoms with E-state index in [1.54, 1.807) is 0 Å². The largest absolute Gasteiger partial charge is 0.416 e. The van der Waals surface area contributed by atoms with E-state index in [0.717, 1.165) is 43.2 Å². The van der Waals surface area contributed by atoms with Gasteiger partial charge >= 0.3 is 6.18 Å². The first kappa shape index (κ1) is 13.1. The van der Waals surface area contributed by atoms with Crippen LogP contribution in [0, 0.1) is 0 Å². The van der Waals surface area contributed by atoms with Crippen molar-refractivity contribution in [2.75, 3.05) is 0 Å². The van der Waals surface area contributed by atoms with Crippen LogP contribution in [0.5, 0.6) is 0 Å². The van der Waals surface area contributed by atoms with Gasteiger partial charge in [0, 0.05) is 6.04 Å². The quantitative estimate of drug-likeness (QED) is 0.825. The highest BCUT2D eigenvalue weighted by molar-refractivity contribution is 5.57. The summed E-state index contributed by atoms with van der Waals surface area (Å²) in [4.78, 5) is 10.7. The standard InChI is InChI=1S/C13H14F3NO/c14-13(15,16)10-6-4-9(5-7-10)12-3-1-2-11(8-18)17-12/h4-8,11-12,17H,1-3H2. The molecule has 1 aromatic rings. The molecule has 1 N–H and O–H groups in total. The summed E-state index contributed by atoms with van der Waals surface area (Å²) in [6, 6.07) is 4.91. The van der Waals surface area contributed by atoms with Gasteiger partial charge in [-0.25, -0.2) is 0 Å². The maximum atomic E-state index is 12.4. The lowest BCUT2D eigenvalue weighted by Crippen LogP contribution is -2.37. The molecule has 0 spiro atoms. The number of piperidine rings is 1. The lowest BCUT2D eigenvalue weighted by molar-refractivity contribution is -0.137. The Bertz CT molecular complexity index is 413. The topological polar surface area (TPSA) is 29.1 Å². The minimum absolute atomic E-state index is 0.0313. The number of halogens is 3. The average molecular weight is 257 g/mol. The molecule has 2 unspecified atom stereocenters. The Morgan fingerprint density at radius 2 is 1.83 bits per heavy atom. The van der Waals surface area contributed by atoms with Gasteiger partial charge in [-0.2, -0.15) is 13.2 Å². The fourth-order valence-electron chi connectivity index (χ4n) is 2.24. The van der Waals surface area contributed by atoms with E-state index in [4.69, 9.17) is 0 Å².